The van der Waals surface area contributed by atoms with E-state index in [-0.39, 0.29) is 0 Å². The lowest BCUT2D eigenvalue weighted by atomic mass is 10.1. The first-order chi connectivity index (χ1) is 12.2. The zero-order valence-corrected chi connectivity index (χ0v) is 13.4. The highest BCUT2D eigenvalue weighted by Crippen LogP contribution is 2.21. The van der Waals surface area contributed by atoms with Crippen molar-refractivity contribution in [2.75, 3.05) is 0 Å². The molecule has 25 heavy (non-hydrogen) atoms. The molecule has 0 aliphatic carbocycles. The topological polar surface area (TPSA) is 85.9 Å². The second-order valence-corrected chi connectivity index (χ2v) is 5.24. The Bertz CT molecular complexity index is 892. The van der Waals surface area contributed by atoms with Gasteiger partial charge in [0.2, 0.25) is 0 Å². The van der Waals surface area contributed by atoms with Gasteiger partial charge < -0.3 is 14.9 Å². The van der Waals surface area contributed by atoms with Crippen LogP contribution in [0.4, 0.5) is 4.79 Å². The Kier molecular flexibility index (Phi) is 5.23. The van der Waals surface area contributed by atoms with Crippen LogP contribution in [0.25, 0.3) is 10.8 Å². The number of nitrogens with one attached hydrogen (secondary N) is 1. The van der Waals surface area contributed by atoms with Crippen LogP contribution in [0.2, 0.25) is 0 Å². The number of rotatable bonds is 5. The van der Waals surface area contributed by atoms with Crippen molar-refractivity contribution in [2.45, 2.75) is 6.54 Å². The predicted octanol–water partition coefficient (Wildman–Crippen LogP) is 3.41. The molecule has 126 valence electrons. The Hall–Kier alpha value is -3.38. The molecule has 0 amide bonds. The standard InChI is InChI=1S/C19H17N3O3/c20-22-13-21-12-14-5-8-17(9-6-14)24-19(23)25-18-10-7-15-3-1-2-4-16(15)11-18/h1-11,13H,12,20H2,(H,21,22). The lowest BCUT2D eigenvalue weighted by molar-refractivity contribution is 0.152. The van der Waals surface area contributed by atoms with Crippen molar-refractivity contribution in [1.29, 1.82) is 0 Å². The van der Waals surface area contributed by atoms with Crippen LogP contribution < -0.4 is 20.7 Å². The first-order valence-electron chi connectivity index (χ1n) is 7.66. The number of hydrazine groups is 1. The number of carbonyl (C=O) groups excluding carboxylic acids is 1. The number of nitrogens with two attached hydrogens (primary N) is 1. The number of nitrogens with zero attached hydrogens (tertiary/aromatic N) is 1. The van der Waals surface area contributed by atoms with Gasteiger partial charge in [0.05, 0.1) is 12.9 Å². The minimum Gasteiger partial charge on any atom is -0.395 e. The molecule has 0 saturated heterocycles. The number of ether oxygens (including phenoxy) is 2. The molecule has 3 N–H and O–H groups in total. The number of carbonyl (C=O) groups is 1. The van der Waals surface area contributed by atoms with Crippen LogP contribution in [-0.2, 0) is 6.54 Å². The summed E-state index contributed by atoms with van der Waals surface area (Å²) < 4.78 is 10.4. The van der Waals surface area contributed by atoms with Gasteiger partial charge in [0.25, 0.3) is 0 Å². The lowest BCUT2D eigenvalue weighted by Gasteiger charge is -2.07. The first-order valence-corrected chi connectivity index (χ1v) is 7.66. The molecule has 0 unspecified atom stereocenters. The minimum absolute atomic E-state index is 0.399. The molecule has 0 aliphatic heterocycles. The lowest BCUT2D eigenvalue weighted by Crippen LogP contribution is -2.19. The maximum absolute atomic E-state index is 11.9. The Labute approximate surface area is 144 Å². The summed E-state index contributed by atoms with van der Waals surface area (Å²) in [5.41, 5.74) is 3.29. The van der Waals surface area contributed by atoms with Crippen molar-refractivity contribution in [3.63, 3.8) is 0 Å². The molecule has 0 bridgehead atoms. The van der Waals surface area contributed by atoms with E-state index in [1.54, 1.807) is 24.3 Å². The highest BCUT2D eigenvalue weighted by molar-refractivity contribution is 5.84. The summed E-state index contributed by atoms with van der Waals surface area (Å²) in [7, 11) is 0. The maximum atomic E-state index is 11.9. The Morgan fingerprint density at radius 1 is 0.960 bits per heavy atom. The first kappa shape index (κ1) is 16.5. The molecule has 0 aliphatic rings. The third kappa shape index (κ3) is 4.55. The summed E-state index contributed by atoms with van der Waals surface area (Å²) >= 11 is 0. The molecule has 0 radical (unpaired) electrons. The van der Waals surface area contributed by atoms with Gasteiger partial charge in [0.15, 0.2) is 0 Å². The van der Waals surface area contributed by atoms with Crippen molar-refractivity contribution >= 4 is 23.3 Å². The molecule has 3 aromatic carbocycles. The smallest absolute Gasteiger partial charge is 0.395 e. The highest BCUT2D eigenvalue weighted by atomic mass is 16.7. The Morgan fingerprint density at radius 3 is 2.40 bits per heavy atom. The fraction of sp³-hybridized carbons (Fsp3) is 0.0526. The van der Waals surface area contributed by atoms with E-state index >= 15 is 0 Å². The molecular formula is C19H17N3O3. The van der Waals surface area contributed by atoms with Crippen molar-refractivity contribution in [3.05, 3.63) is 72.3 Å². The van der Waals surface area contributed by atoms with Crippen molar-refractivity contribution < 1.29 is 14.3 Å². The Balaban J connectivity index is 1.60. The number of hydrogen-bond acceptors (Lipinski definition) is 5. The van der Waals surface area contributed by atoms with Crippen molar-refractivity contribution in [2.24, 2.45) is 10.8 Å². The zero-order chi connectivity index (χ0) is 17.5. The van der Waals surface area contributed by atoms with E-state index in [1.165, 1.54) is 6.34 Å². The van der Waals surface area contributed by atoms with E-state index in [0.717, 1.165) is 16.3 Å². The van der Waals surface area contributed by atoms with Crippen LogP contribution in [0.1, 0.15) is 5.56 Å². The fourth-order valence-electron chi connectivity index (χ4n) is 2.31. The second kappa shape index (κ2) is 7.94. The summed E-state index contributed by atoms with van der Waals surface area (Å²) in [6, 6.07) is 20.2. The summed E-state index contributed by atoms with van der Waals surface area (Å²) in [6.45, 7) is 0.478. The zero-order valence-electron chi connectivity index (χ0n) is 13.4. The van der Waals surface area contributed by atoms with E-state index in [2.05, 4.69) is 10.4 Å². The highest BCUT2D eigenvalue weighted by Gasteiger charge is 2.08. The van der Waals surface area contributed by atoms with Gasteiger partial charge in [-0.3, -0.25) is 4.99 Å². The normalized spacial score (nSPS) is 10.8. The summed E-state index contributed by atoms with van der Waals surface area (Å²) in [6.07, 6.45) is 0.624. The molecule has 0 saturated carbocycles. The quantitative estimate of drug-likeness (QED) is 0.186. The van der Waals surface area contributed by atoms with Crippen LogP contribution in [-0.4, -0.2) is 12.5 Å². The maximum Gasteiger partial charge on any atom is 0.519 e. The minimum atomic E-state index is -0.784. The molecule has 0 aromatic heterocycles. The third-order valence-corrected chi connectivity index (χ3v) is 3.49. The van der Waals surface area contributed by atoms with Crippen LogP contribution in [0.5, 0.6) is 11.5 Å². The number of aliphatic imine (C=N–C) groups is 1. The number of hydrogen-bond donors (Lipinski definition) is 2. The predicted molar refractivity (Wildman–Crippen MR) is 96.6 cm³/mol. The Morgan fingerprint density at radius 2 is 1.64 bits per heavy atom. The van der Waals surface area contributed by atoms with E-state index in [9.17, 15) is 4.79 Å². The van der Waals surface area contributed by atoms with E-state index in [4.69, 9.17) is 15.3 Å². The second-order valence-electron chi connectivity index (χ2n) is 5.24. The van der Waals surface area contributed by atoms with E-state index < -0.39 is 6.16 Å². The number of fused-ring (bicyclic) bond motifs is 1. The average Bonchev–Trinajstić information content (AvgIpc) is 2.63. The molecule has 6 nitrogen and oxygen atoms in total. The van der Waals surface area contributed by atoms with Crippen LogP contribution in [0.3, 0.4) is 0 Å². The van der Waals surface area contributed by atoms with Crippen LogP contribution >= 0.6 is 0 Å². The van der Waals surface area contributed by atoms with Gasteiger partial charge in [-0.25, -0.2) is 10.6 Å². The monoisotopic (exact) mass is 335 g/mol. The molecule has 0 heterocycles. The molecule has 3 aromatic rings. The van der Waals surface area contributed by atoms with E-state index in [1.807, 2.05) is 42.5 Å². The van der Waals surface area contributed by atoms with Crippen molar-refractivity contribution in [3.8, 4) is 11.5 Å². The van der Waals surface area contributed by atoms with Gasteiger partial charge in [-0.15, -0.1) is 0 Å². The average molecular weight is 335 g/mol. The van der Waals surface area contributed by atoms with Gasteiger partial charge >= 0.3 is 6.16 Å². The van der Waals surface area contributed by atoms with Gasteiger partial charge in [-0.2, -0.15) is 0 Å². The largest absolute Gasteiger partial charge is 0.519 e. The summed E-state index contributed by atoms with van der Waals surface area (Å²) in [5, 5.41) is 2.07. The SMILES string of the molecule is NNC=NCc1ccc(OC(=O)Oc2ccc3ccccc3c2)cc1. The van der Waals surface area contributed by atoms with Gasteiger partial charge in [0, 0.05) is 0 Å². The summed E-state index contributed by atoms with van der Waals surface area (Å²) in [5.74, 6) is 5.93. The molecule has 6 heteroatoms. The fourth-order valence-corrected chi connectivity index (χ4v) is 2.31. The van der Waals surface area contributed by atoms with Crippen molar-refractivity contribution in [1.82, 2.24) is 5.43 Å². The van der Waals surface area contributed by atoms with Gasteiger partial charge in [-0.1, -0.05) is 42.5 Å². The molecular weight excluding hydrogens is 318 g/mol. The van der Waals surface area contributed by atoms with Crippen LogP contribution in [0, 0.1) is 0 Å². The van der Waals surface area contributed by atoms with E-state index in [0.29, 0.717) is 18.0 Å². The molecule has 3 rings (SSSR count). The molecule has 0 fully saturated rings. The molecule has 0 atom stereocenters. The van der Waals surface area contributed by atoms with Gasteiger partial charge in [0.1, 0.15) is 11.5 Å². The molecule has 0 spiro atoms. The van der Waals surface area contributed by atoms with Gasteiger partial charge in [-0.05, 0) is 40.6 Å². The van der Waals surface area contributed by atoms with Crippen LogP contribution in [0.15, 0.2) is 71.7 Å². The number of benzene rings is 3. The third-order valence-electron chi connectivity index (χ3n) is 3.49. The summed E-state index contributed by atoms with van der Waals surface area (Å²) in [4.78, 5) is 16.0.